The molecule has 0 aliphatic heterocycles. The van der Waals surface area contributed by atoms with Crippen LogP contribution in [-0.2, 0) is 4.79 Å². The SMILES string of the molecule is C=CC(=O)N[C@@H]1CCCC[C@H]1Nc1nc(Nc2cc(C(=O)NC)ccc2C)ncc1C. The fourth-order valence-electron chi connectivity index (χ4n) is 3.70. The van der Waals surface area contributed by atoms with E-state index in [1.807, 2.05) is 19.9 Å². The summed E-state index contributed by atoms with van der Waals surface area (Å²) in [5, 5.41) is 12.4. The Hall–Kier alpha value is -3.42. The first-order chi connectivity index (χ1) is 14.9. The average molecular weight is 423 g/mol. The van der Waals surface area contributed by atoms with Crippen LogP contribution in [0.1, 0.15) is 47.2 Å². The van der Waals surface area contributed by atoms with Gasteiger partial charge < -0.3 is 21.3 Å². The number of anilines is 3. The van der Waals surface area contributed by atoms with Gasteiger partial charge in [0, 0.05) is 42.1 Å². The second kappa shape index (κ2) is 10.1. The van der Waals surface area contributed by atoms with Crippen molar-refractivity contribution in [1.29, 1.82) is 0 Å². The standard InChI is InChI=1S/C23H30N6O2/c1-5-20(30)26-17-8-6-7-9-18(17)27-21-15(3)13-25-23(29-21)28-19-12-16(22(31)24-4)11-10-14(19)2/h5,10-13,17-18H,1,6-9H2,2-4H3,(H,24,31)(H,26,30)(H2,25,27,28,29)/t17-,18-/m1/s1. The number of amides is 2. The van der Waals surface area contributed by atoms with Gasteiger partial charge in [-0.2, -0.15) is 4.98 Å². The molecule has 1 saturated carbocycles. The zero-order valence-corrected chi connectivity index (χ0v) is 18.3. The molecule has 1 heterocycles. The molecule has 2 atom stereocenters. The molecule has 1 aliphatic rings. The molecule has 31 heavy (non-hydrogen) atoms. The van der Waals surface area contributed by atoms with Gasteiger partial charge in [-0.15, -0.1) is 0 Å². The number of hydrogen-bond donors (Lipinski definition) is 4. The van der Waals surface area contributed by atoms with E-state index >= 15 is 0 Å². The van der Waals surface area contributed by atoms with E-state index in [-0.39, 0.29) is 23.9 Å². The van der Waals surface area contributed by atoms with Crippen LogP contribution in [0.2, 0.25) is 0 Å². The van der Waals surface area contributed by atoms with E-state index in [9.17, 15) is 9.59 Å². The Morgan fingerprint density at radius 1 is 1.13 bits per heavy atom. The molecule has 0 radical (unpaired) electrons. The lowest BCUT2D eigenvalue weighted by atomic mass is 9.90. The summed E-state index contributed by atoms with van der Waals surface area (Å²) < 4.78 is 0. The molecule has 1 fully saturated rings. The van der Waals surface area contributed by atoms with E-state index in [4.69, 9.17) is 0 Å². The van der Waals surface area contributed by atoms with Gasteiger partial charge in [-0.25, -0.2) is 4.98 Å². The number of aryl methyl sites for hydroxylation is 2. The molecular formula is C23H30N6O2. The Bertz CT molecular complexity index is 975. The van der Waals surface area contributed by atoms with E-state index < -0.39 is 0 Å². The number of carbonyl (C=O) groups excluding carboxylic acids is 2. The maximum absolute atomic E-state index is 12.0. The van der Waals surface area contributed by atoms with E-state index in [0.29, 0.717) is 11.5 Å². The number of benzene rings is 1. The van der Waals surface area contributed by atoms with Gasteiger partial charge in [0.2, 0.25) is 11.9 Å². The number of aromatic nitrogens is 2. The Morgan fingerprint density at radius 3 is 2.58 bits per heavy atom. The molecule has 0 bridgehead atoms. The lowest BCUT2D eigenvalue weighted by Gasteiger charge is -2.33. The first-order valence-electron chi connectivity index (χ1n) is 10.5. The molecule has 164 valence electrons. The van der Waals surface area contributed by atoms with Crippen molar-refractivity contribution in [1.82, 2.24) is 20.6 Å². The van der Waals surface area contributed by atoms with Crippen LogP contribution in [0.3, 0.4) is 0 Å². The molecule has 0 spiro atoms. The number of hydrogen-bond acceptors (Lipinski definition) is 6. The quantitative estimate of drug-likeness (QED) is 0.510. The maximum atomic E-state index is 12.0. The topological polar surface area (TPSA) is 108 Å². The van der Waals surface area contributed by atoms with E-state index in [0.717, 1.165) is 48.3 Å². The van der Waals surface area contributed by atoms with Gasteiger partial charge in [-0.05, 0) is 50.5 Å². The van der Waals surface area contributed by atoms with Crippen molar-refractivity contribution < 1.29 is 9.59 Å². The van der Waals surface area contributed by atoms with Gasteiger partial charge in [-0.3, -0.25) is 9.59 Å². The van der Waals surface area contributed by atoms with E-state index in [1.165, 1.54) is 6.08 Å². The van der Waals surface area contributed by atoms with Crippen molar-refractivity contribution >= 4 is 29.3 Å². The Balaban J connectivity index is 1.79. The molecule has 4 N–H and O–H groups in total. The highest BCUT2D eigenvalue weighted by molar-refractivity contribution is 5.95. The number of rotatable bonds is 7. The van der Waals surface area contributed by atoms with Gasteiger partial charge in [0.1, 0.15) is 5.82 Å². The smallest absolute Gasteiger partial charge is 0.251 e. The van der Waals surface area contributed by atoms with Crippen LogP contribution < -0.4 is 21.3 Å². The normalized spacial score (nSPS) is 18.0. The summed E-state index contributed by atoms with van der Waals surface area (Å²) in [5.41, 5.74) is 3.22. The molecule has 1 aromatic heterocycles. The molecule has 0 unspecified atom stereocenters. The van der Waals surface area contributed by atoms with Crippen molar-refractivity contribution in [2.45, 2.75) is 51.6 Å². The molecule has 0 saturated heterocycles. The van der Waals surface area contributed by atoms with Crippen LogP contribution in [-0.4, -0.2) is 40.9 Å². The second-order valence-electron chi connectivity index (χ2n) is 7.81. The van der Waals surface area contributed by atoms with Crippen LogP contribution in [0.4, 0.5) is 17.5 Å². The Kier molecular flexibility index (Phi) is 7.23. The van der Waals surface area contributed by atoms with Crippen molar-refractivity contribution in [2.75, 3.05) is 17.7 Å². The van der Waals surface area contributed by atoms with Crippen LogP contribution >= 0.6 is 0 Å². The van der Waals surface area contributed by atoms with Crippen LogP contribution in [0.5, 0.6) is 0 Å². The highest BCUT2D eigenvalue weighted by Crippen LogP contribution is 2.25. The first kappa shape index (κ1) is 22.3. The summed E-state index contributed by atoms with van der Waals surface area (Å²) in [5.74, 6) is 0.849. The molecular weight excluding hydrogens is 392 g/mol. The van der Waals surface area contributed by atoms with Gasteiger partial charge in [-0.1, -0.05) is 25.5 Å². The summed E-state index contributed by atoms with van der Waals surface area (Å²) in [6, 6.07) is 5.55. The van der Waals surface area contributed by atoms with Crippen LogP contribution in [0.25, 0.3) is 0 Å². The minimum atomic E-state index is -0.160. The molecule has 1 aromatic carbocycles. The van der Waals surface area contributed by atoms with E-state index in [2.05, 4.69) is 37.8 Å². The summed E-state index contributed by atoms with van der Waals surface area (Å²) in [6.07, 6.45) is 7.10. The molecule has 8 heteroatoms. The average Bonchev–Trinajstić information content (AvgIpc) is 2.78. The lowest BCUT2D eigenvalue weighted by molar-refractivity contribution is -0.117. The van der Waals surface area contributed by atoms with Gasteiger partial charge in [0.05, 0.1) is 0 Å². The molecule has 1 aliphatic carbocycles. The molecule has 8 nitrogen and oxygen atoms in total. The number of nitrogens with one attached hydrogen (secondary N) is 4. The Morgan fingerprint density at radius 2 is 1.87 bits per heavy atom. The van der Waals surface area contributed by atoms with Gasteiger partial charge in [0.25, 0.3) is 5.91 Å². The number of nitrogens with zero attached hydrogens (tertiary/aromatic N) is 2. The highest BCUT2D eigenvalue weighted by Gasteiger charge is 2.26. The highest BCUT2D eigenvalue weighted by atomic mass is 16.2. The largest absolute Gasteiger partial charge is 0.365 e. The minimum Gasteiger partial charge on any atom is -0.365 e. The second-order valence-corrected chi connectivity index (χ2v) is 7.81. The van der Waals surface area contributed by atoms with Crippen LogP contribution in [0, 0.1) is 13.8 Å². The van der Waals surface area contributed by atoms with Crippen molar-refractivity contribution in [3.8, 4) is 0 Å². The van der Waals surface area contributed by atoms with Crippen molar-refractivity contribution in [2.24, 2.45) is 0 Å². The minimum absolute atomic E-state index is 0.0245. The molecule has 2 aromatic rings. The zero-order chi connectivity index (χ0) is 22.4. The Labute approximate surface area is 182 Å². The summed E-state index contributed by atoms with van der Waals surface area (Å²) in [7, 11) is 1.60. The predicted molar refractivity (Wildman–Crippen MR) is 123 cm³/mol. The third-order valence-electron chi connectivity index (χ3n) is 5.55. The molecule has 3 rings (SSSR count). The maximum Gasteiger partial charge on any atom is 0.251 e. The molecule has 2 amide bonds. The first-order valence-corrected chi connectivity index (χ1v) is 10.5. The van der Waals surface area contributed by atoms with Gasteiger partial charge >= 0.3 is 0 Å². The summed E-state index contributed by atoms with van der Waals surface area (Å²) in [4.78, 5) is 32.8. The van der Waals surface area contributed by atoms with Crippen molar-refractivity contribution in [3.05, 3.63) is 53.7 Å². The monoisotopic (exact) mass is 422 g/mol. The predicted octanol–water partition coefficient (Wildman–Crippen LogP) is 3.22. The fourth-order valence-corrected chi connectivity index (χ4v) is 3.70. The lowest BCUT2D eigenvalue weighted by Crippen LogP contribution is -2.48. The fraction of sp³-hybridized carbons (Fsp3) is 0.391. The third-order valence-corrected chi connectivity index (χ3v) is 5.55. The third kappa shape index (κ3) is 5.59. The van der Waals surface area contributed by atoms with Crippen LogP contribution in [0.15, 0.2) is 37.1 Å². The summed E-state index contributed by atoms with van der Waals surface area (Å²) >= 11 is 0. The van der Waals surface area contributed by atoms with Crippen molar-refractivity contribution in [3.63, 3.8) is 0 Å². The van der Waals surface area contributed by atoms with Gasteiger partial charge in [0.15, 0.2) is 0 Å². The zero-order valence-electron chi connectivity index (χ0n) is 18.3. The number of carbonyl (C=O) groups is 2. The van der Waals surface area contributed by atoms with E-state index in [1.54, 1.807) is 25.4 Å². The summed E-state index contributed by atoms with van der Waals surface area (Å²) in [6.45, 7) is 7.45.